The van der Waals surface area contributed by atoms with Crippen LogP contribution >= 0.6 is 173 Å². The molecule has 0 radical (unpaired) electrons. The van der Waals surface area contributed by atoms with E-state index < -0.39 is 0 Å². The Morgan fingerprint density at radius 1 is 0.333 bits per heavy atom. The maximum Gasteiger partial charge on any atom is 0.0949 e. The molecule has 4 nitrogen and oxygen atoms in total. The summed E-state index contributed by atoms with van der Waals surface area (Å²) < 4.78 is 3.80. The van der Waals surface area contributed by atoms with E-state index >= 15 is 0 Å². The quantitative estimate of drug-likeness (QED) is 0.163. The lowest BCUT2D eigenvalue weighted by molar-refractivity contribution is 0.659. The topological polar surface area (TPSA) is 32.9 Å². The molecule has 4 aromatic heterocycles. The Morgan fingerprint density at radius 2 is 0.667 bits per heavy atom. The first-order valence-electron chi connectivity index (χ1n) is 26.5. The number of aromatic nitrogens is 1. The van der Waals surface area contributed by atoms with Crippen LogP contribution in [0.3, 0.4) is 0 Å². The fraction of sp³-hybridized carbons (Fsp3) is 0.0294. The number of halogens is 12. The summed E-state index contributed by atoms with van der Waals surface area (Å²) in [7, 11) is 2.05. The van der Waals surface area contributed by atoms with E-state index in [4.69, 9.17) is 149 Å². The van der Waals surface area contributed by atoms with Gasteiger partial charge in [0, 0.05) is 97.6 Å². The van der Waals surface area contributed by atoms with Gasteiger partial charge in [-0.2, -0.15) is 0 Å². The number of benzene rings is 6. The van der Waals surface area contributed by atoms with Crippen molar-refractivity contribution in [2.75, 3.05) is 11.9 Å². The second-order valence-corrected chi connectivity index (χ2v) is 28.4. The Morgan fingerprint density at radius 3 is 1.07 bits per heavy atom. The van der Waals surface area contributed by atoms with E-state index in [0.717, 1.165) is 56.1 Å². The molecule has 428 valence electrons. The normalized spacial score (nSPS) is 14.7. The molecule has 0 spiro atoms. The lowest BCUT2D eigenvalue weighted by atomic mass is 10.00. The van der Waals surface area contributed by atoms with E-state index in [9.17, 15) is 0 Å². The molecule has 5 aliphatic rings. The van der Waals surface area contributed by atoms with Gasteiger partial charge in [-0.05, 0) is 140 Å². The number of fused-ring (bicyclic) bond motifs is 1. The molecule has 87 heavy (non-hydrogen) atoms. The fourth-order valence-corrected chi connectivity index (χ4v) is 18.6. The van der Waals surface area contributed by atoms with Crippen molar-refractivity contribution < 1.29 is 0 Å². The number of rotatable bonds is 6. The van der Waals surface area contributed by atoms with Crippen molar-refractivity contribution in [3.63, 3.8) is 0 Å². The molecule has 10 aromatic rings. The number of anilines is 1. The number of nitrogens with zero attached hydrogens (tertiary/aromatic N) is 4. The Bertz CT molecular complexity index is 5010. The van der Waals surface area contributed by atoms with Gasteiger partial charge >= 0.3 is 0 Å². The lowest BCUT2D eigenvalue weighted by Gasteiger charge is -2.20. The Balaban J connectivity index is 1.19. The van der Waals surface area contributed by atoms with Crippen LogP contribution in [0.25, 0.3) is 33.4 Å². The molecule has 6 aromatic carbocycles. The summed E-state index contributed by atoms with van der Waals surface area (Å²) in [5.41, 5.74) is 11.0. The summed E-state index contributed by atoms with van der Waals surface area (Å²) in [6.07, 6.45) is 7.84. The highest BCUT2D eigenvalue weighted by Crippen LogP contribution is 2.50. The van der Waals surface area contributed by atoms with Crippen molar-refractivity contribution in [3.8, 4) is 0 Å². The molecule has 15 rings (SSSR count). The molecular weight excluding hydrogens is 1390 g/mol. The summed E-state index contributed by atoms with van der Waals surface area (Å²) in [6, 6.07) is 47.3. The zero-order valence-corrected chi connectivity index (χ0v) is 56.0. The van der Waals surface area contributed by atoms with Crippen LogP contribution in [-0.2, 0) is 6.67 Å². The number of allylic oxidation sites excluding steroid dienone is 4. The van der Waals surface area contributed by atoms with Gasteiger partial charge in [0.05, 0.1) is 111 Å². The fourth-order valence-electron chi connectivity index (χ4n) is 11.5. The monoisotopic (exact) mass is 1420 g/mol. The van der Waals surface area contributed by atoms with Crippen LogP contribution in [0.15, 0.2) is 197 Å². The Kier molecular flexibility index (Phi) is 16.3. The summed E-state index contributed by atoms with van der Waals surface area (Å²) in [4.78, 5) is 16.6. The van der Waals surface area contributed by atoms with Gasteiger partial charge in [-0.1, -0.05) is 176 Å². The van der Waals surface area contributed by atoms with Crippen LogP contribution in [0.4, 0.5) is 5.69 Å². The minimum absolute atomic E-state index is 0.331. The van der Waals surface area contributed by atoms with Crippen LogP contribution in [0.1, 0.15) is 52.9 Å². The van der Waals surface area contributed by atoms with Crippen LogP contribution in [0.2, 0.25) is 60.3 Å². The van der Waals surface area contributed by atoms with Crippen molar-refractivity contribution in [2.24, 2.45) is 9.98 Å². The summed E-state index contributed by atoms with van der Waals surface area (Å²) in [5, 5.41) is 6.79. The summed E-state index contributed by atoms with van der Waals surface area (Å²) in [5.74, 6) is 0. The molecular formula is C68H34Cl12N4S3. The molecule has 0 fully saturated rings. The van der Waals surface area contributed by atoms with Gasteiger partial charge in [0.15, 0.2) is 0 Å². The SMILES string of the molecule is CN1Cn2c3ccc2=C(c2c(Cl)cccc2Cl)c2sc(cc21)C(c1c(Cl)cccc1Cl)=C1C=CC(=N1)C(c1c(Cl)cccc1Cl)=c1ccc(s1)=C(c1c(Cl)cccc1Cl)C1=NC(=C(c2c(Cl)cccc2Cl)c2ccc(s2)C=3c2c(Cl)cccc2Cl)C=C1. The molecule has 19 heteroatoms. The van der Waals surface area contributed by atoms with E-state index in [2.05, 4.69) is 46.8 Å². The van der Waals surface area contributed by atoms with Crippen LogP contribution in [0, 0.1) is 0 Å². The highest BCUT2D eigenvalue weighted by Gasteiger charge is 2.33. The predicted molar refractivity (Wildman–Crippen MR) is 377 cm³/mol. The largest absolute Gasteiger partial charge is 0.355 e. The first-order chi connectivity index (χ1) is 42.0. The van der Waals surface area contributed by atoms with Gasteiger partial charge in [-0.25, -0.2) is 9.98 Å². The zero-order valence-electron chi connectivity index (χ0n) is 44.5. The average molecular weight is 1430 g/mol. The Hall–Kier alpha value is -5.24. The van der Waals surface area contributed by atoms with Crippen molar-refractivity contribution in [1.29, 1.82) is 0 Å². The molecule has 0 atom stereocenters. The van der Waals surface area contributed by atoms with E-state index in [1.807, 2.05) is 146 Å². The highest BCUT2D eigenvalue weighted by molar-refractivity contribution is 7.15. The van der Waals surface area contributed by atoms with Crippen LogP contribution < -0.4 is 24.7 Å². The van der Waals surface area contributed by atoms with Gasteiger partial charge in [-0.15, -0.1) is 34.0 Å². The third-order valence-electron chi connectivity index (χ3n) is 15.2. The lowest BCUT2D eigenvalue weighted by Crippen LogP contribution is -2.35. The van der Waals surface area contributed by atoms with Gasteiger partial charge in [0.1, 0.15) is 0 Å². The second-order valence-electron chi connectivity index (χ2n) is 20.3. The zero-order chi connectivity index (χ0) is 60.3. The molecule has 5 aliphatic heterocycles. The van der Waals surface area contributed by atoms with Crippen LogP contribution in [-0.4, -0.2) is 23.0 Å². The molecule has 0 aliphatic carbocycles. The minimum Gasteiger partial charge on any atom is -0.355 e. The second kappa shape index (κ2) is 23.9. The van der Waals surface area contributed by atoms with Crippen LogP contribution in [0.5, 0.6) is 0 Å². The molecule has 14 bridgehead atoms. The number of thiophene rings is 3. The van der Waals surface area contributed by atoms with Gasteiger partial charge in [-0.3, -0.25) is 0 Å². The smallest absolute Gasteiger partial charge is 0.0949 e. The third-order valence-corrected chi connectivity index (χ3v) is 22.4. The summed E-state index contributed by atoms with van der Waals surface area (Å²) in [6.45, 7) is 0.331. The van der Waals surface area contributed by atoms with Crippen molar-refractivity contribution in [2.45, 2.75) is 6.67 Å². The van der Waals surface area contributed by atoms with Gasteiger partial charge in [0.2, 0.25) is 0 Å². The maximum absolute atomic E-state index is 7.38. The van der Waals surface area contributed by atoms with Crippen molar-refractivity contribution in [1.82, 2.24) is 4.57 Å². The molecule has 0 saturated carbocycles. The van der Waals surface area contributed by atoms with Gasteiger partial charge in [0.25, 0.3) is 0 Å². The predicted octanol–water partition coefficient (Wildman–Crippen LogP) is 21.1. The molecule has 0 saturated heterocycles. The van der Waals surface area contributed by atoms with E-state index in [0.29, 0.717) is 145 Å². The highest BCUT2D eigenvalue weighted by atomic mass is 35.5. The van der Waals surface area contributed by atoms with Gasteiger partial charge < -0.3 is 9.47 Å². The molecule has 9 heterocycles. The first kappa shape index (κ1) is 59.4. The van der Waals surface area contributed by atoms with E-state index in [1.165, 1.54) is 22.7 Å². The van der Waals surface area contributed by atoms with E-state index in [1.54, 1.807) is 11.3 Å². The van der Waals surface area contributed by atoms with E-state index in [-0.39, 0.29) is 0 Å². The number of hydrogen-bond donors (Lipinski definition) is 0. The number of aliphatic imine (C=N–C) groups is 2. The van der Waals surface area contributed by atoms with Crippen molar-refractivity contribution in [3.05, 3.63) is 320 Å². The Labute approximate surface area is 571 Å². The van der Waals surface area contributed by atoms with Crippen molar-refractivity contribution >= 4 is 224 Å². The first-order valence-corrected chi connectivity index (χ1v) is 33.5. The standard InChI is InChI=1S/C68H34Cl12N4S3/c1-83-31-84-48-24-25-49(84)67(61-42(79)18-7-19-43(61)80)68-50(83)30-55(87-68)65(59-38(75)14-5-15-39(59)76)47-23-22-46(82-47)63(57-34(71)10-3-11-35(57)72)52-27-26-51(85-52)62(56-32(69)8-2-9-33(56)70)44-20-21-45(81-44)64(58-36(73)12-4-13-37(58)74)53-28-29-54(86-53)66(48)60-40(77)16-6-17-41(60)78/h2-30H,31H2,1H3. The minimum atomic E-state index is 0.331. The summed E-state index contributed by atoms with van der Waals surface area (Å²) >= 11 is 92.3. The third kappa shape index (κ3) is 10.4. The molecule has 0 N–H and O–H groups in total. The average Bonchev–Trinajstić information content (AvgIpc) is 1.82. The molecule has 0 unspecified atom stereocenters. The number of hydrogen-bond acceptors (Lipinski definition) is 6. The molecule has 0 amide bonds. The maximum atomic E-state index is 7.38.